The Morgan fingerprint density at radius 1 is 0.952 bits per heavy atom. The minimum atomic E-state index is -0.343. The molecule has 0 radical (unpaired) electrons. The lowest BCUT2D eigenvalue weighted by molar-refractivity contribution is 0.354. The van der Waals surface area contributed by atoms with E-state index in [9.17, 15) is 4.39 Å². The van der Waals surface area contributed by atoms with Gasteiger partial charge in [0.1, 0.15) is 5.82 Å². The van der Waals surface area contributed by atoms with Crippen LogP contribution >= 0.6 is 0 Å². The number of ether oxygens (including phenoxy) is 2. The highest BCUT2D eigenvalue weighted by molar-refractivity contribution is 5.50. The van der Waals surface area contributed by atoms with Crippen LogP contribution in [-0.4, -0.2) is 14.2 Å². The average molecular weight is 289 g/mol. The molecule has 3 nitrogen and oxygen atoms in total. The van der Waals surface area contributed by atoms with Crippen LogP contribution < -0.4 is 15.2 Å². The number of hydrogen-bond acceptors (Lipinski definition) is 3. The van der Waals surface area contributed by atoms with Crippen molar-refractivity contribution in [3.05, 3.63) is 58.4 Å². The second kappa shape index (κ2) is 6.14. The minimum Gasteiger partial charge on any atom is -0.493 e. The van der Waals surface area contributed by atoms with E-state index in [1.165, 1.54) is 6.07 Å². The van der Waals surface area contributed by atoms with Gasteiger partial charge in [-0.15, -0.1) is 0 Å². The van der Waals surface area contributed by atoms with Crippen molar-refractivity contribution >= 4 is 0 Å². The first-order valence-electron chi connectivity index (χ1n) is 6.72. The van der Waals surface area contributed by atoms with Gasteiger partial charge < -0.3 is 15.2 Å². The van der Waals surface area contributed by atoms with Crippen molar-refractivity contribution in [3.63, 3.8) is 0 Å². The van der Waals surface area contributed by atoms with Crippen molar-refractivity contribution in [3.8, 4) is 11.5 Å². The number of rotatable bonds is 4. The molecule has 112 valence electrons. The van der Waals surface area contributed by atoms with Crippen LogP contribution in [0.1, 0.15) is 28.3 Å². The third kappa shape index (κ3) is 3.00. The molecule has 4 heteroatoms. The van der Waals surface area contributed by atoms with Gasteiger partial charge in [0, 0.05) is 0 Å². The second-order valence-corrected chi connectivity index (χ2v) is 5.05. The molecule has 0 saturated carbocycles. The maximum Gasteiger partial charge on any atom is 0.161 e. The van der Waals surface area contributed by atoms with E-state index in [4.69, 9.17) is 15.2 Å². The summed E-state index contributed by atoms with van der Waals surface area (Å²) < 4.78 is 24.0. The van der Waals surface area contributed by atoms with Crippen molar-refractivity contribution in [2.45, 2.75) is 19.9 Å². The number of nitrogens with two attached hydrogens (primary N) is 1. The van der Waals surface area contributed by atoms with E-state index < -0.39 is 0 Å². The zero-order valence-corrected chi connectivity index (χ0v) is 12.7. The first-order valence-corrected chi connectivity index (χ1v) is 6.72. The number of hydrogen-bond donors (Lipinski definition) is 1. The average Bonchev–Trinajstić information content (AvgIpc) is 2.49. The zero-order valence-electron chi connectivity index (χ0n) is 12.7. The summed E-state index contributed by atoms with van der Waals surface area (Å²) in [4.78, 5) is 0. The van der Waals surface area contributed by atoms with E-state index in [1.807, 2.05) is 19.1 Å². The summed E-state index contributed by atoms with van der Waals surface area (Å²) in [6, 6.07) is 8.35. The fourth-order valence-corrected chi connectivity index (χ4v) is 2.37. The van der Waals surface area contributed by atoms with E-state index in [0.29, 0.717) is 17.1 Å². The van der Waals surface area contributed by atoms with Crippen LogP contribution in [0.4, 0.5) is 4.39 Å². The molecule has 0 bridgehead atoms. The lowest BCUT2D eigenvalue weighted by atomic mass is 9.94. The van der Waals surface area contributed by atoms with Crippen molar-refractivity contribution in [2.75, 3.05) is 14.2 Å². The molecule has 0 spiro atoms. The highest BCUT2D eigenvalue weighted by Crippen LogP contribution is 2.34. The quantitative estimate of drug-likeness (QED) is 0.936. The van der Waals surface area contributed by atoms with E-state index in [1.54, 1.807) is 33.3 Å². The van der Waals surface area contributed by atoms with E-state index >= 15 is 0 Å². The number of aryl methyl sites for hydroxylation is 2. The molecule has 2 N–H and O–H groups in total. The Morgan fingerprint density at radius 3 is 2.14 bits per heavy atom. The molecule has 0 aliphatic carbocycles. The summed E-state index contributed by atoms with van der Waals surface area (Å²) in [7, 11) is 3.19. The summed E-state index contributed by atoms with van der Waals surface area (Å²) in [5.74, 6) is 1.07. The zero-order chi connectivity index (χ0) is 15.6. The minimum absolute atomic E-state index is 0.227. The van der Waals surface area contributed by atoms with Crippen LogP contribution in [0.5, 0.6) is 11.5 Å². The van der Waals surface area contributed by atoms with Gasteiger partial charge in [0.25, 0.3) is 0 Å². The largest absolute Gasteiger partial charge is 0.493 e. The molecule has 0 aliphatic rings. The second-order valence-electron chi connectivity index (χ2n) is 5.05. The van der Waals surface area contributed by atoms with Crippen LogP contribution in [0.15, 0.2) is 30.3 Å². The standard InChI is InChI=1S/C17H20FNO2/c1-10-8-15(20-3)16(21-4)9-13(10)17(19)12-5-6-14(18)11(2)7-12/h5-9,17H,19H2,1-4H3. The third-order valence-corrected chi connectivity index (χ3v) is 3.65. The number of methoxy groups -OCH3 is 2. The van der Waals surface area contributed by atoms with Gasteiger partial charge in [0.05, 0.1) is 20.3 Å². The molecular formula is C17H20FNO2. The maximum absolute atomic E-state index is 13.4. The Hall–Kier alpha value is -2.07. The van der Waals surface area contributed by atoms with Gasteiger partial charge in [-0.3, -0.25) is 0 Å². The fraction of sp³-hybridized carbons (Fsp3) is 0.294. The Kier molecular flexibility index (Phi) is 4.48. The van der Waals surface area contributed by atoms with Crippen LogP contribution in [-0.2, 0) is 0 Å². The van der Waals surface area contributed by atoms with E-state index in [-0.39, 0.29) is 11.9 Å². The summed E-state index contributed by atoms with van der Waals surface area (Å²) >= 11 is 0. The van der Waals surface area contributed by atoms with Gasteiger partial charge in [0.15, 0.2) is 11.5 Å². The van der Waals surface area contributed by atoms with Gasteiger partial charge in [0.2, 0.25) is 0 Å². The van der Waals surface area contributed by atoms with E-state index in [2.05, 4.69) is 0 Å². The molecule has 2 aromatic carbocycles. The highest BCUT2D eigenvalue weighted by atomic mass is 19.1. The smallest absolute Gasteiger partial charge is 0.161 e. The van der Waals surface area contributed by atoms with Crippen LogP contribution in [0.25, 0.3) is 0 Å². The van der Waals surface area contributed by atoms with Gasteiger partial charge in [-0.2, -0.15) is 0 Å². The van der Waals surface area contributed by atoms with Crippen molar-refractivity contribution in [1.29, 1.82) is 0 Å². The van der Waals surface area contributed by atoms with Crippen LogP contribution in [0.2, 0.25) is 0 Å². The highest BCUT2D eigenvalue weighted by Gasteiger charge is 2.16. The van der Waals surface area contributed by atoms with E-state index in [0.717, 1.165) is 16.7 Å². The van der Waals surface area contributed by atoms with Gasteiger partial charge in [-0.05, 0) is 54.3 Å². The molecule has 0 fully saturated rings. The Balaban J connectivity index is 2.47. The summed E-state index contributed by atoms with van der Waals surface area (Å²) in [6.45, 7) is 3.69. The Labute approximate surface area is 124 Å². The third-order valence-electron chi connectivity index (χ3n) is 3.65. The SMILES string of the molecule is COc1cc(C)c(C(N)c2ccc(F)c(C)c2)cc1OC. The van der Waals surface area contributed by atoms with Crippen molar-refractivity contribution in [2.24, 2.45) is 5.73 Å². The molecule has 1 unspecified atom stereocenters. The Morgan fingerprint density at radius 2 is 1.57 bits per heavy atom. The molecule has 2 rings (SSSR count). The molecule has 0 saturated heterocycles. The topological polar surface area (TPSA) is 44.5 Å². The molecule has 2 aromatic rings. The fourth-order valence-electron chi connectivity index (χ4n) is 2.37. The normalized spacial score (nSPS) is 12.1. The van der Waals surface area contributed by atoms with Crippen LogP contribution in [0, 0.1) is 19.7 Å². The molecule has 1 atom stereocenters. The van der Waals surface area contributed by atoms with Crippen molar-refractivity contribution < 1.29 is 13.9 Å². The van der Waals surface area contributed by atoms with Crippen molar-refractivity contribution in [1.82, 2.24) is 0 Å². The summed E-state index contributed by atoms with van der Waals surface area (Å²) in [6.07, 6.45) is 0. The first kappa shape index (κ1) is 15.3. The molecule has 0 heterocycles. The molecular weight excluding hydrogens is 269 g/mol. The predicted molar refractivity (Wildman–Crippen MR) is 81.5 cm³/mol. The van der Waals surface area contributed by atoms with Crippen LogP contribution in [0.3, 0.4) is 0 Å². The molecule has 0 amide bonds. The van der Waals surface area contributed by atoms with Gasteiger partial charge in [-0.1, -0.05) is 12.1 Å². The molecule has 21 heavy (non-hydrogen) atoms. The summed E-state index contributed by atoms with van der Waals surface area (Å²) in [5, 5.41) is 0. The first-order chi connectivity index (χ1) is 9.97. The monoisotopic (exact) mass is 289 g/mol. The van der Waals surface area contributed by atoms with Gasteiger partial charge in [-0.25, -0.2) is 4.39 Å². The Bertz CT molecular complexity index is 655. The predicted octanol–water partition coefficient (Wildman–Crippen LogP) is 3.51. The number of benzene rings is 2. The lowest BCUT2D eigenvalue weighted by Crippen LogP contribution is -2.14. The molecule has 0 aromatic heterocycles. The lowest BCUT2D eigenvalue weighted by Gasteiger charge is -2.18. The maximum atomic E-state index is 13.4. The summed E-state index contributed by atoms with van der Waals surface area (Å²) in [5.41, 5.74) is 9.71. The molecule has 0 aliphatic heterocycles. The van der Waals surface area contributed by atoms with Gasteiger partial charge >= 0.3 is 0 Å². The number of halogens is 1.